The van der Waals surface area contributed by atoms with E-state index < -0.39 is 5.97 Å². The molecule has 0 bridgehead atoms. The molecule has 1 aromatic carbocycles. The summed E-state index contributed by atoms with van der Waals surface area (Å²) in [5.41, 5.74) is 2.79. The third-order valence-corrected chi connectivity index (χ3v) is 4.50. The zero-order valence-corrected chi connectivity index (χ0v) is 13.7. The Bertz CT molecular complexity index is 593. The van der Waals surface area contributed by atoms with Gasteiger partial charge in [0.15, 0.2) is 5.17 Å². The molecule has 1 amide bonds. The number of amides is 1. The SMILES string of the molecule is Cc1cccc(C)c1N(C(=O)CCC(=O)O)C1=NCCCS1. The Morgan fingerprint density at radius 2 is 1.95 bits per heavy atom. The fourth-order valence-corrected chi connectivity index (χ4v) is 3.36. The Labute approximate surface area is 134 Å². The Balaban J connectivity index is 2.39. The standard InChI is InChI=1S/C16H20N2O3S/c1-11-5-3-6-12(2)15(11)18(13(19)7-8-14(20)21)16-17-9-4-10-22-16/h3,5-6H,4,7-10H2,1-2H3,(H,20,21). The van der Waals surface area contributed by atoms with Crippen molar-refractivity contribution in [1.82, 2.24) is 0 Å². The van der Waals surface area contributed by atoms with Crippen LogP contribution >= 0.6 is 11.8 Å². The predicted octanol–water partition coefficient (Wildman–Crippen LogP) is 2.99. The number of carbonyl (C=O) groups excluding carboxylic acids is 1. The van der Waals surface area contributed by atoms with Gasteiger partial charge >= 0.3 is 5.97 Å². The number of aryl methyl sites for hydroxylation is 2. The molecule has 1 aliphatic rings. The molecule has 5 nitrogen and oxygen atoms in total. The summed E-state index contributed by atoms with van der Waals surface area (Å²) < 4.78 is 0. The van der Waals surface area contributed by atoms with Gasteiger partial charge in [0, 0.05) is 18.7 Å². The van der Waals surface area contributed by atoms with Crippen molar-refractivity contribution >= 4 is 34.5 Å². The first-order chi connectivity index (χ1) is 10.5. The van der Waals surface area contributed by atoms with Crippen LogP contribution in [0.25, 0.3) is 0 Å². The number of hydrogen-bond donors (Lipinski definition) is 1. The van der Waals surface area contributed by atoms with E-state index in [2.05, 4.69) is 4.99 Å². The van der Waals surface area contributed by atoms with Crippen LogP contribution < -0.4 is 4.90 Å². The molecule has 0 unspecified atom stereocenters. The Hall–Kier alpha value is -1.82. The van der Waals surface area contributed by atoms with E-state index >= 15 is 0 Å². The number of rotatable bonds is 4. The van der Waals surface area contributed by atoms with Crippen LogP contribution in [-0.4, -0.2) is 34.4 Å². The molecular weight excluding hydrogens is 300 g/mol. The van der Waals surface area contributed by atoms with Gasteiger partial charge in [-0.2, -0.15) is 0 Å². The molecule has 118 valence electrons. The van der Waals surface area contributed by atoms with Crippen molar-refractivity contribution in [2.75, 3.05) is 17.2 Å². The van der Waals surface area contributed by atoms with Crippen molar-refractivity contribution < 1.29 is 14.7 Å². The van der Waals surface area contributed by atoms with Crippen LogP contribution in [0.3, 0.4) is 0 Å². The molecule has 0 fully saturated rings. The van der Waals surface area contributed by atoms with Crippen LogP contribution in [0.15, 0.2) is 23.2 Å². The van der Waals surface area contributed by atoms with Gasteiger partial charge in [-0.15, -0.1) is 0 Å². The monoisotopic (exact) mass is 320 g/mol. The van der Waals surface area contributed by atoms with Crippen molar-refractivity contribution in [2.24, 2.45) is 4.99 Å². The number of carboxylic acids is 1. The Kier molecular flexibility index (Phi) is 5.60. The number of thioether (sulfide) groups is 1. The van der Waals surface area contributed by atoms with E-state index in [1.807, 2.05) is 32.0 Å². The molecule has 6 heteroatoms. The van der Waals surface area contributed by atoms with Gasteiger partial charge in [-0.3, -0.25) is 19.5 Å². The minimum atomic E-state index is -0.965. The fourth-order valence-electron chi connectivity index (χ4n) is 2.39. The van der Waals surface area contributed by atoms with E-state index in [0.29, 0.717) is 11.7 Å². The average Bonchev–Trinajstić information content (AvgIpc) is 2.49. The molecule has 1 aliphatic heterocycles. The number of aliphatic carboxylic acids is 1. The minimum absolute atomic E-state index is 0.0251. The van der Waals surface area contributed by atoms with Crippen molar-refractivity contribution in [3.8, 4) is 0 Å². The van der Waals surface area contributed by atoms with Crippen LogP contribution in [0.5, 0.6) is 0 Å². The van der Waals surface area contributed by atoms with E-state index in [0.717, 1.165) is 29.0 Å². The number of carbonyl (C=O) groups is 2. The lowest BCUT2D eigenvalue weighted by Gasteiger charge is -2.28. The quantitative estimate of drug-likeness (QED) is 0.926. The third kappa shape index (κ3) is 3.88. The molecule has 0 spiro atoms. The highest BCUT2D eigenvalue weighted by atomic mass is 32.2. The zero-order chi connectivity index (χ0) is 16.1. The highest BCUT2D eigenvalue weighted by molar-refractivity contribution is 8.14. The summed E-state index contributed by atoms with van der Waals surface area (Å²) in [6.07, 6.45) is 0.805. The molecule has 1 heterocycles. The van der Waals surface area contributed by atoms with Crippen molar-refractivity contribution in [1.29, 1.82) is 0 Å². The highest BCUT2D eigenvalue weighted by Gasteiger charge is 2.26. The number of para-hydroxylation sites is 1. The lowest BCUT2D eigenvalue weighted by Crippen LogP contribution is -2.38. The molecule has 1 aromatic rings. The van der Waals surface area contributed by atoms with E-state index in [1.165, 1.54) is 0 Å². The molecule has 0 radical (unpaired) electrons. The summed E-state index contributed by atoms with van der Waals surface area (Å²) in [7, 11) is 0. The molecular formula is C16H20N2O3S. The number of benzene rings is 1. The zero-order valence-electron chi connectivity index (χ0n) is 12.8. The minimum Gasteiger partial charge on any atom is -0.481 e. The number of anilines is 1. The van der Waals surface area contributed by atoms with Crippen molar-refractivity contribution in [3.63, 3.8) is 0 Å². The number of amidine groups is 1. The molecule has 0 saturated carbocycles. The van der Waals surface area contributed by atoms with Gasteiger partial charge in [0.05, 0.1) is 12.1 Å². The van der Waals surface area contributed by atoms with Gasteiger partial charge in [0.2, 0.25) is 5.91 Å². The van der Waals surface area contributed by atoms with E-state index in [4.69, 9.17) is 5.11 Å². The van der Waals surface area contributed by atoms with Crippen LogP contribution in [0.4, 0.5) is 5.69 Å². The van der Waals surface area contributed by atoms with Gasteiger partial charge in [0.1, 0.15) is 0 Å². The summed E-state index contributed by atoms with van der Waals surface area (Å²) in [4.78, 5) is 29.5. The number of hydrogen-bond acceptors (Lipinski definition) is 4. The average molecular weight is 320 g/mol. The number of aliphatic imine (C=N–C) groups is 1. The lowest BCUT2D eigenvalue weighted by atomic mass is 10.1. The molecule has 1 N–H and O–H groups in total. The second-order valence-corrected chi connectivity index (χ2v) is 6.29. The summed E-state index contributed by atoms with van der Waals surface area (Å²) in [5, 5.41) is 9.51. The van der Waals surface area contributed by atoms with E-state index in [9.17, 15) is 9.59 Å². The molecule has 0 saturated heterocycles. The third-order valence-electron chi connectivity index (χ3n) is 3.44. The summed E-state index contributed by atoms with van der Waals surface area (Å²) in [6.45, 7) is 4.61. The van der Waals surface area contributed by atoms with Crippen LogP contribution in [0.1, 0.15) is 30.4 Å². The molecule has 22 heavy (non-hydrogen) atoms. The largest absolute Gasteiger partial charge is 0.481 e. The first-order valence-corrected chi connectivity index (χ1v) is 8.27. The second-order valence-electron chi connectivity index (χ2n) is 5.23. The molecule has 0 atom stereocenters. The highest BCUT2D eigenvalue weighted by Crippen LogP contribution is 2.30. The van der Waals surface area contributed by atoms with Crippen molar-refractivity contribution in [3.05, 3.63) is 29.3 Å². The van der Waals surface area contributed by atoms with Crippen LogP contribution in [-0.2, 0) is 9.59 Å². The van der Waals surface area contributed by atoms with Gasteiger partial charge in [-0.1, -0.05) is 30.0 Å². The number of carboxylic acid groups (broad SMARTS) is 1. The van der Waals surface area contributed by atoms with E-state index in [-0.39, 0.29) is 18.7 Å². The topological polar surface area (TPSA) is 70.0 Å². The molecule has 0 aliphatic carbocycles. The molecule has 2 rings (SSSR count). The van der Waals surface area contributed by atoms with Crippen LogP contribution in [0.2, 0.25) is 0 Å². The van der Waals surface area contributed by atoms with Gasteiger partial charge in [-0.25, -0.2) is 0 Å². The summed E-state index contributed by atoms with van der Waals surface area (Å²) >= 11 is 1.55. The lowest BCUT2D eigenvalue weighted by molar-refractivity contribution is -0.138. The predicted molar refractivity (Wildman–Crippen MR) is 89.6 cm³/mol. The second kappa shape index (κ2) is 7.45. The first kappa shape index (κ1) is 16.5. The maximum Gasteiger partial charge on any atom is 0.303 e. The summed E-state index contributed by atoms with van der Waals surface area (Å²) in [6, 6.07) is 5.85. The smallest absolute Gasteiger partial charge is 0.303 e. The number of nitrogens with zero attached hydrogens (tertiary/aromatic N) is 2. The fraction of sp³-hybridized carbons (Fsp3) is 0.438. The Morgan fingerprint density at radius 3 is 2.50 bits per heavy atom. The molecule has 0 aromatic heterocycles. The maximum absolute atomic E-state index is 12.6. The van der Waals surface area contributed by atoms with Crippen LogP contribution in [0, 0.1) is 13.8 Å². The van der Waals surface area contributed by atoms with Gasteiger partial charge in [0.25, 0.3) is 0 Å². The first-order valence-electron chi connectivity index (χ1n) is 7.29. The normalized spacial score (nSPS) is 14.4. The maximum atomic E-state index is 12.6. The van der Waals surface area contributed by atoms with Crippen molar-refractivity contribution in [2.45, 2.75) is 33.1 Å². The van der Waals surface area contributed by atoms with Gasteiger partial charge in [-0.05, 0) is 31.4 Å². The van der Waals surface area contributed by atoms with Gasteiger partial charge < -0.3 is 5.11 Å². The Morgan fingerprint density at radius 1 is 1.27 bits per heavy atom. The summed E-state index contributed by atoms with van der Waals surface area (Å²) in [5.74, 6) is -0.257. The van der Waals surface area contributed by atoms with E-state index in [1.54, 1.807) is 16.7 Å².